The van der Waals surface area contributed by atoms with Crippen molar-refractivity contribution in [2.24, 2.45) is 0 Å². The highest BCUT2D eigenvalue weighted by Crippen LogP contribution is 2.19. The number of hydrogen-bond acceptors (Lipinski definition) is 7. The van der Waals surface area contributed by atoms with E-state index in [1.807, 2.05) is 17.0 Å². The van der Waals surface area contributed by atoms with Gasteiger partial charge < -0.3 is 14.2 Å². The summed E-state index contributed by atoms with van der Waals surface area (Å²) >= 11 is 5.93. The molecule has 34 heavy (non-hydrogen) atoms. The van der Waals surface area contributed by atoms with Crippen LogP contribution in [0.1, 0.15) is 36.0 Å². The molecule has 0 radical (unpaired) electrons. The van der Waals surface area contributed by atoms with Gasteiger partial charge in [0.05, 0.1) is 13.2 Å². The molecule has 0 spiro atoms. The fourth-order valence-electron chi connectivity index (χ4n) is 3.74. The molecule has 1 fully saturated rings. The molecule has 1 aromatic heterocycles. The Bertz CT molecular complexity index is 1110. The van der Waals surface area contributed by atoms with Crippen LogP contribution in [0.3, 0.4) is 0 Å². The monoisotopic (exact) mass is 482 g/mol. The van der Waals surface area contributed by atoms with E-state index in [1.54, 1.807) is 36.4 Å². The van der Waals surface area contributed by atoms with Crippen LogP contribution in [-0.4, -0.2) is 64.4 Å². The fourth-order valence-corrected chi connectivity index (χ4v) is 3.87. The van der Waals surface area contributed by atoms with Gasteiger partial charge in [-0.1, -0.05) is 16.8 Å². The molecule has 2 heterocycles. The number of carbonyl (C=O) groups is 2. The Kier molecular flexibility index (Phi) is 7.92. The zero-order valence-electron chi connectivity index (χ0n) is 19.1. The summed E-state index contributed by atoms with van der Waals surface area (Å²) in [4.78, 5) is 32.4. The maximum atomic E-state index is 12.5. The van der Waals surface area contributed by atoms with Gasteiger partial charge >= 0.3 is 0 Å². The van der Waals surface area contributed by atoms with Crippen LogP contribution in [0.4, 0.5) is 0 Å². The second-order valence-corrected chi connectivity index (χ2v) is 8.64. The summed E-state index contributed by atoms with van der Waals surface area (Å²) in [5, 5.41) is 4.71. The van der Waals surface area contributed by atoms with Crippen molar-refractivity contribution in [2.45, 2.75) is 26.3 Å². The van der Waals surface area contributed by atoms with Gasteiger partial charge in [-0.3, -0.25) is 14.5 Å². The molecule has 0 bridgehead atoms. The number of benzene rings is 2. The van der Waals surface area contributed by atoms with Crippen molar-refractivity contribution < 1.29 is 18.8 Å². The van der Waals surface area contributed by atoms with Crippen LogP contribution in [0, 0.1) is 0 Å². The Morgan fingerprint density at radius 3 is 2.41 bits per heavy atom. The number of ketones is 1. The first-order valence-electron chi connectivity index (χ1n) is 11.3. The summed E-state index contributed by atoms with van der Waals surface area (Å²) in [7, 11) is 0. The molecule has 0 saturated carbocycles. The molecule has 1 aliphatic heterocycles. The zero-order valence-corrected chi connectivity index (χ0v) is 19.8. The molecule has 1 saturated heterocycles. The number of carbonyl (C=O) groups excluding carboxylic acids is 2. The van der Waals surface area contributed by atoms with E-state index in [0.29, 0.717) is 67.1 Å². The maximum Gasteiger partial charge on any atom is 0.241 e. The Hall–Kier alpha value is -3.23. The lowest BCUT2D eigenvalue weighted by molar-refractivity contribution is -0.133. The third-order valence-corrected chi connectivity index (χ3v) is 5.97. The molecule has 8 nitrogen and oxygen atoms in total. The number of nitrogens with zero attached hydrogens (tertiary/aromatic N) is 4. The molecule has 3 aromatic rings. The van der Waals surface area contributed by atoms with E-state index in [0.717, 1.165) is 18.7 Å². The average molecular weight is 483 g/mol. The second-order valence-electron chi connectivity index (χ2n) is 8.21. The number of ether oxygens (including phenoxy) is 1. The number of piperazine rings is 1. The first-order chi connectivity index (χ1) is 16.5. The normalized spacial score (nSPS) is 14.2. The van der Waals surface area contributed by atoms with Gasteiger partial charge in [-0.15, -0.1) is 0 Å². The standard InChI is InChI=1S/C25H27ClN4O4/c1-18(31)19-6-10-22(11-7-19)33-16-2-3-24(32)30-14-12-29(13-15-30)17-23-27-25(28-34-23)20-4-8-21(26)9-5-20/h4-11H,2-3,12-17H2,1H3. The van der Waals surface area contributed by atoms with Gasteiger partial charge in [-0.25, -0.2) is 0 Å². The van der Waals surface area contributed by atoms with Gasteiger partial charge in [0.2, 0.25) is 17.6 Å². The Morgan fingerprint density at radius 2 is 1.74 bits per heavy atom. The summed E-state index contributed by atoms with van der Waals surface area (Å²) in [5.41, 5.74) is 1.51. The van der Waals surface area contributed by atoms with Crippen LogP contribution in [-0.2, 0) is 11.3 Å². The summed E-state index contributed by atoms with van der Waals surface area (Å²) in [6.07, 6.45) is 1.09. The molecule has 2 aromatic carbocycles. The minimum atomic E-state index is 0.0250. The number of Topliss-reactive ketones (excluding diaryl/α,β-unsaturated/α-hetero) is 1. The molecule has 0 unspecified atom stereocenters. The zero-order chi connectivity index (χ0) is 23.9. The van der Waals surface area contributed by atoms with Crippen molar-refractivity contribution in [3.63, 3.8) is 0 Å². The van der Waals surface area contributed by atoms with Crippen LogP contribution in [0.5, 0.6) is 5.75 Å². The molecule has 0 N–H and O–H groups in total. The van der Waals surface area contributed by atoms with E-state index in [1.165, 1.54) is 6.92 Å². The van der Waals surface area contributed by atoms with E-state index < -0.39 is 0 Å². The third-order valence-electron chi connectivity index (χ3n) is 5.72. The summed E-state index contributed by atoms with van der Waals surface area (Å²) < 4.78 is 11.1. The highest BCUT2D eigenvalue weighted by Gasteiger charge is 2.22. The van der Waals surface area contributed by atoms with E-state index in [4.69, 9.17) is 20.9 Å². The van der Waals surface area contributed by atoms with E-state index >= 15 is 0 Å². The number of rotatable bonds is 9. The smallest absolute Gasteiger partial charge is 0.241 e. The quantitative estimate of drug-likeness (QED) is 0.335. The third kappa shape index (κ3) is 6.42. The highest BCUT2D eigenvalue weighted by molar-refractivity contribution is 6.30. The second kappa shape index (κ2) is 11.3. The summed E-state index contributed by atoms with van der Waals surface area (Å²) in [6, 6.07) is 14.3. The lowest BCUT2D eigenvalue weighted by atomic mass is 10.1. The first kappa shape index (κ1) is 23.9. The lowest BCUT2D eigenvalue weighted by Gasteiger charge is -2.34. The average Bonchev–Trinajstić information content (AvgIpc) is 3.31. The molecule has 9 heteroatoms. The largest absolute Gasteiger partial charge is 0.494 e. The summed E-state index contributed by atoms with van der Waals surface area (Å²) in [6.45, 7) is 5.39. The van der Waals surface area contributed by atoms with Crippen molar-refractivity contribution in [1.82, 2.24) is 19.9 Å². The van der Waals surface area contributed by atoms with Crippen LogP contribution in [0.15, 0.2) is 53.1 Å². The molecule has 4 rings (SSSR count). The summed E-state index contributed by atoms with van der Waals surface area (Å²) in [5.74, 6) is 1.96. The predicted molar refractivity (Wildman–Crippen MR) is 128 cm³/mol. The van der Waals surface area contributed by atoms with Gasteiger partial charge in [0.1, 0.15) is 5.75 Å². The molecule has 1 aliphatic rings. The van der Waals surface area contributed by atoms with Crippen molar-refractivity contribution in [1.29, 1.82) is 0 Å². The SMILES string of the molecule is CC(=O)c1ccc(OCCCC(=O)N2CCN(Cc3nc(-c4ccc(Cl)cc4)no3)CC2)cc1. The minimum absolute atomic E-state index is 0.0250. The topological polar surface area (TPSA) is 88.8 Å². The van der Waals surface area contributed by atoms with Gasteiger partial charge in [-0.2, -0.15) is 4.98 Å². The van der Waals surface area contributed by atoms with Crippen LogP contribution in [0.2, 0.25) is 5.02 Å². The lowest BCUT2D eigenvalue weighted by Crippen LogP contribution is -2.48. The molecular formula is C25H27ClN4O4. The van der Waals surface area contributed by atoms with Gasteiger partial charge in [0.15, 0.2) is 5.78 Å². The first-order valence-corrected chi connectivity index (χ1v) is 11.7. The van der Waals surface area contributed by atoms with E-state index in [2.05, 4.69) is 15.0 Å². The van der Waals surface area contributed by atoms with Crippen molar-refractivity contribution >= 4 is 23.3 Å². The Labute approximate surface area is 203 Å². The van der Waals surface area contributed by atoms with Crippen LogP contribution < -0.4 is 4.74 Å². The minimum Gasteiger partial charge on any atom is -0.494 e. The number of amides is 1. The van der Waals surface area contributed by atoms with E-state index in [-0.39, 0.29) is 11.7 Å². The van der Waals surface area contributed by atoms with Crippen molar-refractivity contribution in [2.75, 3.05) is 32.8 Å². The van der Waals surface area contributed by atoms with Gasteiger partial charge in [0, 0.05) is 48.7 Å². The fraction of sp³-hybridized carbons (Fsp3) is 0.360. The molecule has 178 valence electrons. The molecular weight excluding hydrogens is 456 g/mol. The molecule has 1 amide bonds. The molecule has 0 aliphatic carbocycles. The van der Waals surface area contributed by atoms with Gasteiger partial charge in [0.25, 0.3) is 0 Å². The Morgan fingerprint density at radius 1 is 1.03 bits per heavy atom. The molecule has 0 atom stereocenters. The highest BCUT2D eigenvalue weighted by atomic mass is 35.5. The van der Waals surface area contributed by atoms with Crippen molar-refractivity contribution in [3.05, 3.63) is 65.0 Å². The number of hydrogen-bond donors (Lipinski definition) is 0. The number of halogens is 1. The van der Waals surface area contributed by atoms with Gasteiger partial charge in [-0.05, 0) is 61.9 Å². The van der Waals surface area contributed by atoms with E-state index in [9.17, 15) is 9.59 Å². The predicted octanol–water partition coefficient (Wildman–Crippen LogP) is 4.10. The number of aromatic nitrogens is 2. The van der Waals surface area contributed by atoms with Crippen LogP contribution >= 0.6 is 11.6 Å². The van der Waals surface area contributed by atoms with Crippen molar-refractivity contribution in [3.8, 4) is 17.1 Å². The Balaban J connectivity index is 1.15. The van der Waals surface area contributed by atoms with Crippen LogP contribution in [0.25, 0.3) is 11.4 Å². The maximum absolute atomic E-state index is 12.5.